The van der Waals surface area contributed by atoms with Crippen LogP contribution in [0.5, 0.6) is 0 Å². The van der Waals surface area contributed by atoms with Gasteiger partial charge in [-0.1, -0.05) is 0 Å². The summed E-state index contributed by atoms with van der Waals surface area (Å²) in [5, 5.41) is 3.39. The molecular weight excluding hydrogens is 164 g/mol. The van der Waals surface area contributed by atoms with Gasteiger partial charge in [-0.25, -0.2) is 4.98 Å². The van der Waals surface area contributed by atoms with E-state index >= 15 is 0 Å². The lowest BCUT2D eigenvalue weighted by molar-refractivity contribution is 0.482. The maximum Gasteiger partial charge on any atom is 0.147 e. The number of piperazine rings is 1. The molecule has 1 aromatic rings. The van der Waals surface area contributed by atoms with E-state index in [4.69, 9.17) is 0 Å². The zero-order valence-electron chi connectivity index (χ0n) is 7.77. The van der Waals surface area contributed by atoms with Gasteiger partial charge in [0.25, 0.3) is 0 Å². The minimum Gasteiger partial charge on any atom is -0.353 e. The number of anilines is 1. The molecule has 0 aromatic carbocycles. The average Bonchev–Trinajstić information content (AvgIpc) is 2.19. The Morgan fingerprint density at radius 2 is 2.46 bits per heavy atom. The molecule has 2 heterocycles. The van der Waals surface area contributed by atoms with Crippen molar-refractivity contribution in [3.8, 4) is 0 Å². The summed E-state index contributed by atoms with van der Waals surface area (Å²) in [6.07, 6.45) is 5.26. The lowest BCUT2D eigenvalue weighted by Crippen LogP contribution is -2.49. The second-order valence-corrected chi connectivity index (χ2v) is 3.36. The number of hydrogen-bond donors (Lipinski definition) is 1. The van der Waals surface area contributed by atoms with Gasteiger partial charge in [-0.05, 0) is 6.92 Å². The molecule has 13 heavy (non-hydrogen) atoms. The first-order valence-corrected chi connectivity index (χ1v) is 4.60. The van der Waals surface area contributed by atoms with Crippen molar-refractivity contribution >= 4 is 5.82 Å². The highest BCUT2D eigenvalue weighted by Gasteiger charge is 2.16. The van der Waals surface area contributed by atoms with Gasteiger partial charge in [0.05, 0.1) is 6.20 Å². The van der Waals surface area contributed by atoms with Crippen LogP contribution in [0.4, 0.5) is 5.82 Å². The molecule has 70 valence electrons. The maximum absolute atomic E-state index is 4.27. The lowest BCUT2D eigenvalue weighted by atomic mass is 10.2. The molecule has 0 spiro atoms. The number of nitrogens with one attached hydrogen (secondary N) is 1. The standard InChI is InChI=1S/C9H14N4/c1-8-7-13(5-4-11-8)9-6-10-2-3-12-9/h2-3,6,8,11H,4-5,7H2,1H3/t8-/m0/s1. The molecule has 0 bridgehead atoms. The van der Waals surface area contributed by atoms with Crippen LogP contribution in [0.25, 0.3) is 0 Å². The molecule has 4 nitrogen and oxygen atoms in total. The van der Waals surface area contributed by atoms with Crippen LogP contribution < -0.4 is 10.2 Å². The Morgan fingerprint density at radius 1 is 1.54 bits per heavy atom. The third-order valence-corrected chi connectivity index (χ3v) is 2.24. The van der Waals surface area contributed by atoms with Crippen molar-refractivity contribution < 1.29 is 0 Å². The van der Waals surface area contributed by atoms with Crippen molar-refractivity contribution in [3.63, 3.8) is 0 Å². The number of aromatic nitrogens is 2. The molecular formula is C9H14N4. The van der Waals surface area contributed by atoms with Crippen LogP contribution in [0.1, 0.15) is 6.92 Å². The molecule has 0 unspecified atom stereocenters. The summed E-state index contributed by atoms with van der Waals surface area (Å²) in [5.74, 6) is 0.982. The molecule has 1 fully saturated rings. The molecule has 1 saturated heterocycles. The summed E-state index contributed by atoms with van der Waals surface area (Å²) in [6, 6.07) is 0.538. The number of rotatable bonds is 1. The zero-order chi connectivity index (χ0) is 9.10. The Bertz CT molecular complexity index is 262. The van der Waals surface area contributed by atoms with E-state index in [9.17, 15) is 0 Å². The molecule has 4 heteroatoms. The van der Waals surface area contributed by atoms with Crippen LogP contribution in [-0.2, 0) is 0 Å². The van der Waals surface area contributed by atoms with E-state index < -0.39 is 0 Å². The first kappa shape index (κ1) is 8.44. The first-order valence-electron chi connectivity index (χ1n) is 4.60. The van der Waals surface area contributed by atoms with E-state index in [2.05, 4.69) is 27.1 Å². The van der Waals surface area contributed by atoms with Gasteiger partial charge in [-0.15, -0.1) is 0 Å². The summed E-state index contributed by atoms with van der Waals surface area (Å²) in [6.45, 7) is 5.24. The molecule has 0 aliphatic carbocycles. The first-order chi connectivity index (χ1) is 6.36. The van der Waals surface area contributed by atoms with Crippen molar-refractivity contribution in [2.45, 2.75) is 13.0 Å². The van der Waals surface area contributed by atoms with E-state index in [1.165, 1.54) is 0 Å². The highest BCUT2D eigenvalue weighted by atomic mass is 15.2. The van der Waals surface area contributed by atoms with Crippen LogP contribution in [0.15, 0.2) is 18.6 Å². The Kier molecular flexibility index (Phi) is 2.40. The van der Waals surface area contributed by atoms with Crippen molar-refractivity contribution in [2.24, 2.45) is 0 Å². The van der Waals surface area contributed by atoms with E-state index in [-0.39, 0.29) is 0 Å². The van der Waals surface area contributed by atoms with Crippen LogP contribution in [0, 0.1) is 0 Å². The third-order valence-electron chi connectivity index (χ3n) is 2.24. The second-order valence-electron chi connectivity index (χ2n) is 3.36. The number of nitrogens with zero attached hydrogens (tertiary/aromatic N) is 3. The predicted octanol–water partition coefficient (Wildman–Crippen LogP) is 0.275. The van der Waals surface area contributed by atoms with Crippen LogP contribution in [-0.4, -0.2) is 35.6 Å². The van der Waals surface area contributed by atoms with Crippen molar-refractivity contribution in [1.82, 2.24) is 15.3 Å². The van der Waals surface area contributed by atoms with Gasteiger partial charge in [-0.3, -0.25) is 4.98 Å². The highest BCUT2D eigenvalue weighted by molar-refractivity contribution is 5.35. The minimum atomic E-state index is 0.538. The lowest BCUT2D eigenvalue weighted by Gasteiger charge is -2.32. The second kappa shape index (κ2) is 3.70. The van der Waals surface area contributed by atoms with Gasteiger partial charge in [0.15, 0.2) is 0 Å². The summed E-state index contributed by atoms with van der Waals surface area (Å²) >= 11 is 0. The van der Waals surface area contributed by atoms with E-state index in [1.807, 2.05) is 6.20 Å². The Hall–Kier alpha value is -1.16. The van der Waals surface area contributed by atoms with Gasteiger partial charge in [0, 0.05) is 38.1 Å². The van der Waals surface area contributed by atoms with Gasteiger partial charge >= 0.3 is 0 Å². The molecule has 1 aromatic heterocycles. The SMILES string of the molecule is C[C@H]1CN(c2cnccn2)CCN1. The average molecular weight is 178 g/mol. The molecule has 2 rings (SSSR count). The largest absolute Gasteiger partial charge is 0.353 e. The van der Waals surface area contributed by atoms with E-state index in [1.54, 1.807) is 12.4 Å². The fraction of sp³-hybridized carbons (Fsp3) is 0.556. The fourth-order valence-electron chi connectivity index (χ4n) is 1.59. The van der Waals surface area contributed by atoms with Crippen molar-refractivity contribution in [1.29, 1.82) is 0 Å². The summed E-state index contributed by atoms with van der Waals surface area (Å²) in [5.41, 5.74) is 0. The Balaban J connectivity index is 2.08. The molecule has 1 aliphatic rings. The summed E-state index contributed by atoms with van der Waals surface area (Å²) in [4.78, 5) is 10.6. The zero-order valence-corrected chi connectivity index (χ0v) is 7.77. The molecule has 1 atom stereocenters. The van der Waals surface area contributed by atoms with Crippen molar-refractivity contribution in [2.75, 3.05) is 24.5 Å². The third kappa shape index (κ3) is 1.95. The summed E-state index contributed by atoms with van der Waals surface area (Å²) < 4.78 is 0. The maximum atomic E-state index is 4.27. The van der Waals surface area contributed by atoms with Gasteiger partial charge in [0.2, 0.25) is 0 Å². The van der Waals surface area contributed by atoms with Crippen LogP contribution in [0.2, 0.25) is 0 Å². The van der Waals surface area contributed by atoms with Gasteiger partial charge < -0.3 is 10.2 Å². The highest BCUT2D eigenvalue weighted by Crippen LogP contribution is 2.09. The minimum absolute atomic E-state index is 0.538. The molecule has 0 amide bonds. The molecule has 1 aliphatic heterocycles. The smallest absolute Gasteiger partial charge is 0.147 e. The van der Waals surface area contributed by atoms with Gasteiger partial charge in [-0.2, -0.15) is 0 Å². The van der Waals surface area contributed by atoms with E-state index in [0.29, 0.717) is 6.04 Å². The monoisotopic (exact) mass is 178 g/mol. The summed E-state index contributed by atoms with van der Waals surface area (Å²) in [7, 11) is 0. The Labute approximate surface area is 78.0 Å². The fourth-order valence-corrected chi connectivity index (χ4v) is 1.59. The van der Waals surface area contributed by atoms with Crippen molar-refractivity contribution in [3.05, 3.63) is 18.6 Å². The normalized spacial score (nSPS) is 23.2. The number of hydrogen-bond acceptors (Lipinski definition) is 4. The molecule has 1 N–H and O–H groups in total. The topological polar surface area (TPSA) is 41.1 Å². The van der Waals surface area contributed by atoms with E-state index in [0.717, 1.165) is 25.5 Å². The van der Waals surface area contributed by atoms with Crippen LogP contribution >= 0.6 is 0 Å². The van der Waals surface area contributed by atoms with Gasteiger partial charge in [0.1, 0.15) is 5.82 Å². The molecule has 0 saturated carbocycles. The van der Waals surface area contributed by atoms with Crippen LogP contribution in [0.3, 0.4) is 0 Å². The molecule has 0 radical (unpaired) electrons. The predicted molar refractivity (Wildman–Crippen MR) is 51.7 cm³/mol. The quantitative estimate of drug-likeness (QED) is 0.670. The Morgan fingerprint density at radius 3 is 3.15 bits per heavy atom.